The van der Waals surface area contributed by atoms with Gasteiger partial charge in [-0.25, -0.2) is 9.59 Å². The molecule has 0 aromatic heterocycles. The third kappa shape index (κ3) is 7.78. The van der Waals surface area contributed by atoms with Gasteiger partial charge in [0, 0.05) is 34.7 Å². The first-order valence-corrected chi connectivity index (χ1v) is 19.5. The normalized spacial score (nSPS) is 27.6. The third-order valence-corrected chi connectivity index (χ3v) is 12.7. The van der Waals surface area contributed by atoms with Crippen molar-refractivity contribution in [1.29, 1.82) is 0 Å². The van der Waals surface area contributed by atoms with Gasteiger partial charge in [-0.3, -0.25) is 0 Å². The van der Waals surface area contributed by atoms with E-state index < -0.39 is 12.3 Å². The van der Waals surface area contributed by atoms with Crippen molar-refractivity contribution in [2.45, 2.75) is 87.0 Å². The molecule has 4 N–H and O–H groups in total. The van der Waals surface area contributed by atoms with E-state index in [4.69, 9.17) is 9.47 Å². The van der Waals surface area contributed by atoms with Crippen LogP contribution in [-0.4, -0.2) is 39.6 Å². The van der Waals surface area contributed by atoms with Gasteiger partial charge in [-0.05, 0) is 108 Å². The smallest absolute Gasteiger partial charge is 0.335 e. The number of hydrogen-bond donors (Lipinski definition) is 4. The molecule has 4 aliphatic carbocycles. The quantitative estimate of drug-likeness (QED) is 0.115. The molecular weight excluding hydrogens is 673 g/mol. The van der Waals surface area contributed by atoms with Crippen LogP contribution in [-0.2, 0) is 22.6 Å². The van der Waals surface area contributed by atoms with Gasteiger partial charge >= 0.3 is 12.0 Å². The molecule has 52 heavy (non-hydrogen) atoms. The number of thioether (sulfide) groups is 1. The van der Waals surface area contributed by atoms with E-state index in [-0.39, 0.29) is 35.9 Å². The predicted molar refractivity (Wildman–Crippen MR) is 201 cm³/mol. The van der Waals surface area contributed by atoms with Crippen molar-refractivity contribution in [2.24, 2.45) is 17.8 Å². The zero-order valence-electron chi connectivity index (χ0n) is 29.2. The number of hydrogen-bond acceptors (Lipinski definition) is 6. The molecule has 4 saturated carbocycles. The summed E-state index contributed by atoms with van der Waals surface area (Å²) in [7, 11) is 0. The second kappa shape index (κ2) is 15.1. The number of aliphatic hydroxyl groups excluding tert-OH is 1. The Morgan fingerprint density at radius 3 is 2.08 bits per heavy atom. The van der Waals surface area contributed by atoms with Crippen LogP contribution in [0.4, 0.5) is 4.79 Å². The van der Waals surface area contributed by atoms with E-state index in [2.05, 4.69) is 47.0 Å². The summed E-state index contributed by atoms with van der Waals surface area (Å²) in [6.07, 6.45) is 7.16. The van der Waals surface area contributed by atoms with Gasteiger partial charge < -0.3 is 30.3 Å². The van der Waals surface area contributed by atoms with Crippen LogP contribution in [0.25, 0.3) is 11.1 Å². The van der Waals surface area contributed by atoms with Crippen molar-refractivity contribution >= 4 is 23.8 Å². The molecule has 8 nitrogen and oxygen atoms in total. The zero-order chi connectivity index (χ0) is 35.7. The fourth-order valence-corrected chi connectivity index (χ4v) is 10.3. The molecule has 5 fully saturated rings. The van der Waals surface area contributed by atoms with Crippen LogP contribution in [0.2, 0.25) is 0 Å². The number of carbonyl (C=O) groups is 2. The van der Waals surface area contributed by atoms with E-state index in [9.17, 15) is 19.8 Å². The van der Waals surface area contributed by atoms with Crippen molar-refractivity contribution in [3.05, 3.63) is 125 Å². The van der Waals surface area contributed by atoms with Crippen molar-refractivity contribution in [1.82, 2.24) is 10.6 Å². The number of rotatable bonds is 11. The second-order valence-corrected chi connectivity index (χ2v) is 16.4. The highest BCUT2D eigenvalue weighted by Gasteiger charge is 2.51. The van der Waals surface area contributed by atoms with E-state index in [1.165, 1.54) is 19.3 Å². The molecule has 1 aliphatic heterocycles. The number of carboxylic acids is 1. The largest absolute Gasteiger partial charge is 0.478 e. The monoisotopic (exact) mass is 718 g/mol. The molecule has 9 heteroatoms. The Morgan fingerprint density at radius 1 is 0.769 bits per heavy atom. The molecular formula is C43H46N2O6S. The fourth-order valence-electron chi connectivity index (χ4n) is 9.41. The maximum atomic E-state index is 13.2. The summed E-state index contributed by atoms with van der Waals surface area (Å²) in [5.74, 6) is 2.06. The van der Waals surface area contributed by atoms with Gasteiger partial charge in [-0.15, -0.1) is 11.8 Å². The summed E-state index contributed by atoms with van der Waals surface area (Å²) in [5, 5.41) is 25.4. The molecule has 2 amide bonds. The first kappa shape index (κ1) is 34.9. The standard InChI is InChI=1S/C43H46N2O6S/c46-25-27-5-7-32(8-6-27)39-20-36(26-52-37-15-13-33(14-16-37)40(47)48)50-41(51-39)34-11-9-31(10-12-34)38-4-2-1-3-35(38)24-44-42(49)45-43-21-28-17-29(22-43)19-30(18-28)23-43/h1-16,28-30,36,39,41,46H,17-26H2,(H,47,48)(H2,44,45,49)/t28?,29?,30?,36-,39+,41+,43?/m1/s1. The van der Waals surface area contributed by atoms with Crippen molar-refractivity contribution in [3.63, 3.8) is 0 Å². The molecule has 1 heterocycles. The first-order chi connectivity index (χ1) is 25.3. The fraction of sp³-hybridized carbons (Fsp3) is 0.395. The second-order valence-electron chi connectivity index (χ2n) is 15.3. The molecule has 270 valence electrons. The molecule has 4 bridgehead atoms. The lowest BCUT2D eigenvalue weighted by Gasteiger charge is -2.56. The Bertz CT molecular complexity index is 1840. The molecule has 1 saturated heterocycles. The number of amides is 2. The Labute approximate surface area is 309 Å². The van der Waals surface area contributed by atoms with Gasteiger partial charge in [0.2, 0.25) is 0 Å². The minimum Gasteiger partial charge on any atom is -0.478 e. The van der Waals surface area contributed by atoms with Crippen LogP contribution in [0.1, 0.15) is 90.0 Å². The maximum Gasteiger partial charge on any atom is 0.335 e. The van der Waals surface area contributed by atoms with E-state index >= 15 is 0 Å². The van der Waals surface area contributed by atoms with Crippen LogP contribution in [0, 0.1) is 17.8 Å². The number of benzene rings is 4. The van der Waals surface area contributed by atoms with Crippen LogP contribution in [0.3, 0.4) is 0 Å². The van der Waals surface area contributed by atoms with Crippen molar-refractivity contribution in [2.75, 3.05) is 5.75 Å². The highest BCUT2D eigenvalue weighted by molar-refractivity contribution is 7.99. The van der Waals surface area contributed by atoms with Gasteiger partial charge in [0.15, 0.2) is 6.29 Å². The number of aromatic carboxylic acids is 1. The van der Waals surface area contributed by atoms with Crippen LogP contribution >= 0.6 is 11.8 Å². The van der Waals surface area contributed by atoms with Crippen LogP contribution < -0.4 is 10.6 Å². The molecule has 4 aromatic carbocycles. The Morgan fingerprint density at radius 2 is 1.42 bits per heavy atom. The molecule has 9 rings (SSSR count). The first-order valence-electron chi connectivity index (χ1n) is 18.5. The molecule has 4 aromatic rings. The molecule has 0 unspecified atom stereocenters. The Balaban J connectivity index is 0.945. The Kier molecular flexibility index (Phi) is 10.1. The van der Waals surface area contributed by atoms with E-state index in [0.29, 0.717) is 18.7 Å². The number of nitrogens with one attached hydrogen (secondary N) is 2. The minimum atomic E-state index is -0.941. The van der Waals surface area contributed by atoms with Gasteiger partial charge in [0.05, 0.1) is 24.4 Å². The van der Waals surface area contributed by atoms with Crippen molar-refractivity contribution in [3.8, 4) is 11.1 Å². The third-order valence-electron chi connectivity index (χ3n) is 11.5. The highest BCUT2D eigenvalue weighted by Crippen LogP contribution is 2.55. The van der Waals surface area contributed by atoms with E-state index in [1.807, 2.05) is 48.5 Å². The summed E-state index contributed by atoms with van der Waals surface area (Å²) in [6, 6.07) is 31.2. The number of carboxylic acid groups (broad SMARTS) is 1. The SMILES string of the molecule is O=C(NCc1ccccc1-c1ccc([C@H]2O[C@@H](CSc3ccc(C(=O)O)cc3)C[C@@H](c3ccc(CO)cc3)O2)cc1)NC12CC3CC(CC(C3)C1)C2. The number of ether oxygens (including phenoxy) is 2. The summed E-state index contributed by atoms with van der Waals surface area (Å²) in [5.41, 5.74) is 6.19. The summed E-state index contributed by atoms with van der Waals surface area (Å²) < 4.78 is 13.1. The topological polar surface area (TPSA) is 117 Å². The van der Waals surface area contributed by atoms with Gasteiger partial charge in [-0.1, -0.05) is 72.8 Å². The number of aliphatic hydroxyl groups is 1. The molecule has 5 aliphatic rings. The molecule has 0 radical (unpaired) electrons. The van der Waals surface area contributed by atoms with Gasteiger partial charge in [-0.2, -0.15) is 0 Å². The lowest BCUT2D eigenvalue weighted by molar-refractivity contribution is -0.245. The number of carbonyl (C=O) groups excluding carboxylic acids is 1. The Hall–Kier alpha value is -4.15. The molecule has 3 atom stereocenters. The summed E-state index contributed by atoms with van der Waals surface area (Å²) >= 11 is 1.63. The zero-order valence-corrected chi connectivity index (χ0v) is 30.0. The minimum absolute atomic E-state index is 0.0158. The van der Waals surface area contributed by atoms with E-state index in [0.717, 1.165) is 75.3 Å². The van der Waals surface area contributed by atoms with Crippen LogP contribution in [0.15, 0.2) is 102 Å². The average Bonchev–Trinajstić information content (AvgIpc) is 3.16. The predicted octanol–water partition coefficient (Wildman–Crippen LogP) is 8.65. The molecule has 0 spiro atoms. The maximum absolute atomic E-state index is 13.2. The number of urea groups is 1. The van der Waals surface area contributed by atoms with Gasteiger partial charge in [0.25, 0.3) is 0 Å². The average molecular weight is 719 g/mol. The van der Waals surface area contributed by atoms with Gasteiger partial charge in [0.1, 0.15) is 0 Å². The lowest BCUT2D eigenvalue weighted by Crippen LogP contribution is -2.61. The highest BCUT2D eigenvalue weighted by atomic mass is 32.2. The summed E-state index contributed by atoms with van der Waals surface area (Å²) in [6.45, 7) is 0.429. The van der Waals surface area contributed by atoms with Crippen LogP contribution in [0.5, 0.6) is 0 Å². The van der Waals surface area contributed by atoms with Crippen molar-refractivity contribution < 1.29 is 29.3 Å². The van der Waals surface area contributed by atoms with E-state index in [1.54, 1.807) is 23.9 Å². The lowest BCUT2D eigenvalue weighted by atomic mass is 9.53. The summed E-state index contributed by atoms with van der Waals surface area (Å²) in [4.78, 5) is 25.5.